The normalized spacial score (nSPS) is 18.9. The molecule has 2 aromatic rings. The fourth-order valence-corrected chi connectivity index (χ4v) is 3.95. The van der Waals surface area contributed by atoms with E-state index in [2.05, 4.69) is 42.0 Å². The van der Waals surface area contributed by atoms with E-state index in [1.165, 1.54) is 21.4 Å². The maximum atomic E-state index is 12.2. The Labute approximate surface area is 143 Å². The molecule has 1 aromatic carbocycles. The summed E-state index contributed by atoms with van der Waals surface area (Å²) in [7, 11) is 1.74. The summed E-state index contributed by atoms with van der Waals surface area (Å²) in [6, 6.07) is 6.77. The zero-order valence-electron chi connectivity index (χ0n) is 15.2. The van der Waals surface area contributed by atoms with Gasteiger partial charge in [-0.2, -0.15) is 5.10 Å². The summed E-state index contributed by atoms with van der Waals surface area (Å²) in [6.45, 7) is 10.1. The molecule has 5 nitrogen and oxygen atoms in total. The molecule has 0 N–H and O–H groups in total. The highest BCUT2D eigenvalue weighted by Crippen LogP contribution is 2.26. The Morgan fingerprint density at radius 3 is 2.58 bits per heavy atom. The number of piperidine rings is 1. The smallest absolute Gasteiger partial charge is 0.298 e. The third kappa shape index (κ3) is 3.46. The first-order valence-electron chi connectivity index (χ1n) is 8.91. The molecule has 2 heterocycles. The van der Waals surface area contributed by atoms with Gasteiger partial charge < -0.3 is 0 Å². The van der Waals surface area contributed by atoms with Crippen molar-refractivity contribution in [2.24, 2.45) is 7.05 Å². The van der Waals surface area contributed by atoms with E-state index in [9.17, 15) is 4.79 Å². The lowest BCUT2D eigenvalue weighted by Crippen LogP contribution is -2.35. The van der Waals surface area contributed by atoms with Crippen LogP contribution in [-0.2, 0) is 20.1 Å². The van der Waals surface area contributed by atoms with Gasteiger partial charge in [0, 0.05) is 32.6 Å². The first kappa shape index (κ1) is 17.0. The van der Waals surface area contributed by atoms with Crippen LogP contribution in [0.15, 0.2) is 23.0 Å². The molecule has 1 fully saturated rings. The lowest BCUT2D eigenvalue weighted by molar-refractivity contribution is 0.194. The topological polar surface area (TPSA) is 43.1 Å². The Balaban J connectivity index is 1.77. The standard InChI is InChI=1S/C19H28N4O/c1-5-23-18(20-21(4)19(23)24)17-7-6-8-22(13-17)12-16-10-14(2)9-15(3)11-16/h9-11,17H,5-8,12-13H2,1-4H3/t17-/m0/s1. The number of hydrogen-bond acceptors (Lipinski definition) is 3. The second-order valence-electron chi connectivity index (χ2n) is 7.08. The number of rotatable bonds is 4. The molecule has 0 unspecified atom stereocenters. The monoisotopic (exact) mass is 328 g/mol. The van der Waals surface area contributed by atoms with Gasteiger partial charge in [-0.3, -0.25) is 9.47 Å². The third-order valence-corrected chi connectivity index (χ3v) is 4.91. The number of nitrogens with zero attached hydrogens (tertiary/aromatic N) is 4. The summed E-state index contributed by atoms with van der Waals surface area (Å²) < 4.78 is 3.30. The van der Waals surface area contributed by atoms with E-state index < -0.39 is 0 Å². The molecule has 0 bridgehead atoms. The van der Waals surface area contributed by atoms with Crippen molar-refractivity contribution in [3.05, 3.63) is 51.2 Å². The summed E-state index contributed by atoms with van der Waals surface area (Å²) in [5, 5.41) is 4.51. The SMILES string of the molecule is CCn1c([C@H]2CCCN(Cc3cc(C)cc(C)c3)C2)nn(C)c1=O. The van der Waals surface area contributed by atoms with Crippen LogP contribution in [0.25, 0.3) is 0 Å². The molecular formula is C19H28N4O. The summed E-state index contributed by atoms with van der Waals surface area (Å²) in [5.41, 5.74) is 4.02. The fourth-order valence-electron chi connectivity index (χ4n) is 3.95. The van der Waals surface area contributed by atoms with Gasteiger partial charge in [0.25, 0.3) is 0 Å². The molecule has 130 valence electrons. The molecule has 1 aliphatic heterocycles. The second-order valence-corrected chi connectivity index (χ2v) is 7.08. The highest BCUT2D eigenvalue weighted by molar-refractivity contribution is 5.28. The van der Waals surface area contributed by atoms with Crippen LogP contribution in [0.5, 0.6) is 0 Å². The van der Waals surface area contributed by atoms with E-state index >= 15 is 0 Å². The van der Waals surface area contributed by atoms with Crippen molar-refractivity contribution in [2.45, 2.75) is 52.6 Å². The maximum Gasteiger partial charge on any atom is 0.345 e. The van der Waals surface area contributed by atoms with Gasteiger partial charge in [0.1, 0.15) is 5.82 Å². The van der Waals surface area contributed by atoms with Gasteiger partial charge in [0.2, 0.25) is 0 Å². The summed E-state index contributed by atoms with van der Waals surface area (Å²) in [6.07, 6.45) is 2.27. The van der Waals surface area contributed by atoms with E-state index in [4.69, 9.17) is 0 Å². The van der Waals surface area contributed by atoms with Crippen molar-refractivity contribution < 1.29 is 0 Å². The molecule has 0 saturated carbocycles. The van der Waals surface area contributed by atoms with Crippen molar-refractivity contribution in [3.8, 4) is 0 Å². The van der Waals surface area contributed by atoms with Crippen LogP contribution in [0, 0.1) is 13.8 Å². The van der Waals surface area contributed by atoms with Gasteiger partial charge in [0.05, 0.1) is 0 Å². The Morgan fingerprint density at radius 1 is 1.21 bits per heavy atom. The molecule has 1 aromatic heterocycles. The number of hydrogen-bond donors (Lipinski definition) is 0. The summed E-state index contributed by atoms with van der Waals surface area (Å²) in [4.78, 5) is 14.7. The molecule has 1 saturated heterocycles. The van der Waals surface area contributed by atoms with E-state index in [0.29, 0.717) is 12.5 Å². The molecular weight excluding hydrogens is 300 g/mol. The molecule has 0 spiro atoms. The average molecular weight is 328 g/mol. The molecule has 0 radical (unpaired) electrons. The first-order valence-corrected chi connectivity index (χ1v) is 8.91. The molecule has 1 atom stereocenters. The lowest BCUT2D eigenvalue weighted by Gasteiger charge is -2.32. The van der Waals surface area contributed by atoms with Crippen LogP contribution < -0.4 is 5.69 Å². The quantitative estimate of drug-likeness (QED) is 0.866. The predicted octanol–water partition coefficient (Wildman–Crippen LogP) is 2.60. The van der Waals surface area contributed by atoms with E-state index in [0.717, 1.165) is 38.3 Å². The minimum Gasteiger partial charge on any atom is -0.298 e. The van der Waals surface area contributed by atoms with Gasteiger partial charge in [-0.15, -0.1) is 0 Å². The Kier molecular flexibility index (Phi) is 4.90. The Hall–Kier alpha value is -1.88. The molecule has 1 aliphatic rings. The van der Waals surface area contributed by atoms with Crippen molar-refractivity contribution in [1.82, 2.24) is 19.2 Å². The van der Waals surface area contributed by atoms with Gasteiger partial charge in [0.15, 0.2) is 0 Å². The first-order chi connectivity index (χ1) is 11.5. The summed E-state index contributed by atoms with van der Waals surface area (Å²) in [5.74, 6) is 1.30. The Morgan fingerprint density at radius 2 is 1.92 bits per heavy atom. The highest BCUT2D eigenvalue weighted by Gasteiger charge is 2.26. The van der Waals surface area contributed by atoms with E-state index in [1.54, 1.807) is 7.05 Å². The predicted molar refractivity (Wildman–Crippen MR) is 96.3 cm³/mol. The molecule has 5 heteroatoms. The van der Waals surface area contributed by atoms with Crippen molar-refractivity contribution in [3.63, 3.8) is 0 Å². The third-order valence-electron chi connectivity index (χ3n) is 4.91. The lowest BCUT2D eigenvalue weighted by atomic mass is 9.96. The van der Waals surface area contributed by atoms with Crippen molar-refractivity contribution in [2.75, 3.05) is 13.1 Å². The highest BCUT2D eigenvalue weighted by atomic mass is 16.2. The van der Waals surface area contributed by atoms with Crippen LogP contribution >= 0.6 is 0 Å². The largest absolute Gasteiger partial charge is 0.345 e. The fraction of sp³-hybridized carbons (Fsp3) is 0.579. The van der Waals surface area contributed by atoms with Crippen molar-refractivity contribution >= 4 is 0 Å². The molecule has 0 amide bonds. The number of benzene rings is 1. The van der Waals surface area contributed by atoms with Gasteiger partial charge in [-0.1, -0.05) is 29.3 Å². The Bertz CT molecular complexity index is 754. The number of likely N-dealkylation sites (tertiary alicyclic amines) is 1. The van der Waals surface area contributed by atoms with Crippen molar-refractivity contribution in [1.29, 1.82) is 0 Å². The second kappa shape index (κ2) is 6.93. The minimum atomic E-state index is -0.000988. The van der Waals surface area contributed by atoms with E-state index in [-0.39, 0.29) is 5.69 Å². The van der Waals surface area contributed by atoms with E-state index in [1.807, 2.05) is 11.5 Å². The number of aromatic nitrogens is 3. The zero-order valence-corrected chi connectivity index (χ0v) is 15.2. The van der Waals surface area contributed by atoms with Gasteiger partial charge in [-0.05, 0) is 45.7 Å². The number of aryl methyl sites for hydroxylation is 3. The zero-order chi connectivity index (χ0) is 17.3. The van der Waals surface area contributed by atoms with Crippen LogP contribution in [0.2, 0.25) is 0 Å². The molecule has 3 rings (SSSR count). The summed E-state index contributed by atoms with van der Waals surface area (Å²) >= 11 is 0. The van der Waals surface area contributed by atoms with Crippen LogP contribution in [-0.4, -0.2) is 32.3 Å². The molecule has 24 heavy (non-hydrogen) atoms. The maximum absolute atomic E-state index is 12.2. The van der Waals surface area contributed by atoms with Crippen LogP contribution in [0.4, 0.5) is 0 Å². The molecule has 0 aliphatic carbocycles. The minimum absolute atomic E-state index is 0.000988. The van der Waals surface area contributed by atoms with Gasteiger partial charge >= 0.3 is 5.69 Å². The average Bonchev–Trinajstić information content (AvgIpc) is 2.81. The van der Waals surface area contributed by atoms with Crippen LogP contribution in [0.3, 0.4) is 0 Å². The van der Waals surface area contributed by atoms with Crippen LogP contribution in [0.1, 0.15) is 48.2 Å². The van der Waals surface area contributed by atoms with Gasteiger partial charge in [-0.25, -0.2) is 9.48 Å².